The molecule has 0 atom stereocenters. The molecule has 0 radical (unpaired) electrons. The first-order valence-electron chi connectivity index (χ1n) is 3.56. The second-order valence-corrected chi connectivity index (χ2v) is 6.24. The highest BCUT2D eigenvalue weighted by molar-refractivity contribution is 8.15. The average molecular weight is 272 g/mol. The smallest absolute Gasteiger partial charge is 0.325 e. The van der Waals surface area contributed by atoms with Crippen molar-refractivity contribution in [3.05, 3.63) is 15.9 Å². The monoisotopic (exact) mass is 271 g/mol. The van der Waals surface area contributed by atoms with E-state index in [1.54, 1.807) is 0 Å². The lowest BCUT2D eigenvalue weighted by molar-refractivity contribution is -0.141. The average Bonchev–Trinajstić information content (AvgIpc) is 2.47. The number of nitrogens with zero attached hydrogens (tertiary/aromatic N) is 1. The molecule has 1 aromatic heterocycles. The zero-order chi connectivity index (χ0) is 11.6. The minimum absolute atomic E-state index is 0.293. The molecule has 0 aliphatic heterocycles. The van der Waals surface area contributed by atoms with Crippen molar-refractivity contribution < 1.29 is 17.9 Å². The molecule has 0 spiro atoms. The number of rotatable bonds is 3. The summed E-state index contributed by atoms with van der Waals surface area (Å²) in [6, 6.07) is 0. The topological polar surface area (TPSA) is 82.4 Å². The Balaban J connectivity index is 3.08. The lowest BCUT2D eigenvalue weighted by Gasteiger charge is -1.97. The summed E-state index contributed by atoms with van der Waals surface area (Å²) in [5.74, 6) is -0.645. The number of carbonyl (C=O) groups excluding carboxylic acids is 1. The third-order valence-electron chi connectivity index (χ3n) is 1.45. The molecule has 9 heteroatoms. The zero-order valence-electron chi connectivity index (χ0n) is 7.47. The van der Waals surface area contributed by atoms with Crippen molar-refractivity contribution in [3.8, 4) is 0 Å². The van der Waals surface area contributed by atoms with Gasteiger partial charge in [0.1, 0.15) is 6.54 Å². The van der Waals surface area contributed by atoms with Crippen LogP contribution in [0.25, 0.3) is 0 Å². The number of ether oxygens (including phenoxy) is 1. The van der Waals surface area contributed by atoms with Crippen molar-refractivity contribution in [2.75, 3.05) is 7.11 Å². The molecule has 0 bridgehead atoms. The van der Waals surface area contributed by atoms with Gasteiger partial charge in [0.05, 0.1) is 7.11 Å². The summed E-state index contributed by atoms with van der Waals surface area (Å²) in [5.41, 5.74) is 0. The van der Waals surface area contributed by atoms with Gasteiger partial charge in [0, 0.05) is 16.9 Å². The zero-order valence-corrected chi connectivity index (χ0v) is 9.86. The van der Waals surface area contributed by atoms with Crippen LogP contribution in [0.5, 0.6) is 0 Å². The second kappa shape index (κ2) is 4.33. The molecule has 0 aliphatic carbocycles. The van der Waals surface area contributed by atoms with E-state index in [9.17, 15) is 18.0 Å². The fourth-order valence-corrected chi connectivity index (χ4v) is 2.63. The van der Waals surface area contributed by atoms with Gasteiger partial charge in [0.2, 0.25) is 0 Å². The molecule has 15 heavy (non-hydrogen) atoms. The highest BCUT2D eigenvalue weighted by Gasteiger charge is 2.17. The lowest BCUT2D eigenvalue weighted by Crippen LogP contribution is -2.19. The standard InChI is InChI=1S/C6H6ClNO5S2/c1-13-4(9)2-8-3-5(14-6(8)10)15(7,11)12/h3H,2H2,1H3. The second-order valence-electron chi connectivity index (χ2n) is 2.46. The van der Waals surface area contributed by atoms with Gasteiger partial charge in [0.25, 0.3) is 9.05 Å². The Morgan fingerprint density at radius 3 is 2.67 bits per heavy atom. The van der Waals surface area contributed by atoms with Crippen molar-refractivity contribution in [2.45, 2.75) is 10.8 Å². The van der Waals surface area contributed by atoms with E-state index in [-0.39, 0.29) is 10.8 Å². The van der Waals surface area contributed by atoms with Crippen LogP contribution in [0.2, 0.25) is 0 Å². The summed E-state index contributed by atoms with van der Waals surface area (Å²) in [6.07, 6.45) is 1.01. The molecule has 0 saturated heterocycles. The number of carbonyl (C=O) groups is 1. The third kappa shape index (κ3) is 3.05. The van der Waals surface area contributed by atoms with Crippen LogP contribution >= 0.6 is 22.0 Å². The van der Waals surface area contributed by atoms with Gasteiger partial charge in [0.15, 0.2) is 4.21 Å². The molecule has 0 fully saturated rings. The Bertz CT molecular complexity index is 528. The van der Waals surface area contributed by atoms with Crippen LogP contribution in [0.15, 0.2) is 15.2 Å². The molecule has 1 aromatic rings. The fourth-order valence-electron chi connectivity index (χ4n) is 0.778. The Hall–Kier alpha value is -0.860. The van der Waals surface area contributed by atoms with Crippen molar-refractivity contribution in [3.63, 3.8) is 0 Å². The maximum Gasteiger partial charge on any atom is 0.325 e. The van der Waals surface area contributed by atoms with Crippen molar-refractivity contribution >= 4 is 37.0 Å². The molecular weight excluding hydrogens is 266 g/mol. The van der Waals surface area contributed by atoms with E-state index >= 15 is 0 Å². The molecule has 0 amide bonds. The van der Waals surface area contributed by atoms with Crippen LogP contribution in [0.4, 0.5) is 0 Å². The van der Waals surface area contributed by atoms with Crippen LogP contribution < -0.4 is 4.87 Å². The maximum absolute atomic E-state index is 11.2. The van der Waals surface area contributed by atoms with Crippen molar-refractivity contribution in [2.24, 2.45) is 0 Å². The number of hydrogen-bond acceptors (Lipinski definition) is 6. The highest BCUT2D eigenvalue weighted by atomic mass is 35.7. The summed E-state index contributed by atoms with van der Waals surface area (Å²) >= 11 is 0.453. The van der Waals surface area contributed by atoms with E-state index in [0.717, 1.165) is 10.8 Å². The van der Waals surface area contributed by atoms with Crippen LogP contribution in [0.3, 0.4) is 0 Å². The Labute approximate surface area is 93.5 Å². The van der Waals surface area contributed by atoms with Gasteiger partial charge in [-0.15, -0.1) is 0 Å². The van der Waals surface area contributed by atoms with Gasteiger partial charge in [-0.3, -0.25) is 14.2 Å². The Kier molecular flexibility index (Phi) is 3.53. The SMILES string of the molecule is COC(=O)Cn1cc(S(=O)(=O)Cl)sc1=O. The summed E-state index contributed by atoms with van der Waals surface area (Å²) in [4.78, 5) is 21.4. The summed E-state index contributed by atoms with van der Waals surface area (Å²) in [7, 11) is 2.26. The molecule has 84 valence electrons. The third-order valence-corrected chi connectivity index (χ3v) is 4.43. The highest BCUT2D eigenvalue weighted by Crippen LogP contribution is 2.16. The fraction of sp³-hybridized carbons (Fsp3) is 0.333. The predicted molar refractivity (Wildman–Crippen MR) is 53.6 cm³/mol. The number of halogens is 1. The van der Waals surface area contributed by atoms with Crippen molar-refractivity contribution in [1.29, 1.82) is 0 Å². The first-order chi connectivity index (χ1) is 6.84. The number of thiazole rings is 1. The van der Waals surface area contributed by atoms with E-state index in [2.05, 4.69) is 4.74 Å². The van der Waals surface area contributed by atoms with E-state index in [1.807, 2.05) is 0 Å². The molecule has 0 unspecified atom stereocenters. The van der Waals surface area contributed by atoms with Crippen LogP contribution in [-0.4, -0.2) is 26.1 Å². The Morgan fingerprint density at radius 1 is 1.67 bits per heavy atom. The number of methoxy groups -OCH3 is 1. The molecule has 6 nitrogen and oxygen atoms in total. The minimum atomic E-state index is -3.93. The van der Waals surface area contributed by atoms with E-state index in [4.69, 9.17) is 10.7 Å². The van der Waals surface area contributed by atoms with Crippen LogP contribution in [0.1, 0.15) is 0 Å². The number of hydrogen-bond donors (Lipinski definition) is 0. The van der Waals surface area contributed by atoms with E-state index < -0.39 is 19.9 Å². The van der Waals surface area contributed by atoms with Crippen LogP contribution in [0, 0.1) is 0 Å². The van der Waals surface area contributed by atoms with Gasteiger partial charge < -0.3 is 4.74 Å². The normalized spacial score (nSPS) is 11.3. The van der Waals surface area contributed by atoms with E-state index in [0.29, 0.717) is 11.3 Å². The van der Waals surface area contributed by atoms with Gasteiger partial charge in [-0.25, -0.2) is 8.42 Å². The Morgan fingerprint density at radius 2 is 2.27 bits per heavy atom. The molecular formula is C6H6ClNO5S2. The van der Waals surface area contributed by atoms with Crippen LogP contribution in [-0.2, 0) is 25.1 Å². The largest absolute Gasteiger partial charge is 0.468 e. The first kappa shape index (κ1) is 12.2. The summed E-state index contributed by atoms with van der Waals surface area (Å²) in [5, 5.41) is 0. The summed E-state index contributed by atoms with van der Waals surface area (Å²) in [6.45, 7) is -0.335. The molecule has 0 saturated carbocycles. The minimum Gasteiger partial charge on any atom is -0.468 e. The summed E-state index contributed by atoms with van der Waals surface area (Å²) < 4.78 is 26.7. The molecule has 1 rings (SSSR count). The van der Waals surface area contributed by atoms with Crippen molar-refractivity contribution in [1.82, 2.24) is 4.57 Å². The van der Waals surface area contributed by atoms with Gasteiger partial charge in [-0.1, -0.05) is 11.3 Å². The van der Waals surface area contributed by atoms with Gasteiger partial charge >= 0.3 is 10.8 Å². The lowest BCUT2D eigenvalue weighted by atomic mass is 10.6. The molecule has 0 aromatic carbocycles. The molecule has 0 N–H and O–H groups in total. The molecule has 0 aliphatic rings. The van der Waals surface area contributed by atoms with Gasteiger partial charge in [-0.2, -0.15) is 0 Å². The quantitative estimate of drug-likeness (QED) is 0.571. The predicted octanol–water partition coefficient (Wildman–Crippen LogP) is 0.0103. The van der Waals surface area contributed by atoms with Gasteiger partial charge in [-0.05, 0) is 0 Å². The number of aromatic nitrogens is 1. The maximum atomic E-state index is 11.2. The van der Waals surface area contributed by atoms with E-state index in [1.165, 1.54) is 7.11 Å². The molecule has 1 heterocycles. The first-order valence-corrected chi connectivity index (χ1v) is 6.69. The number of esters is 1.